The lowest BCUT2D eigenvalue weighted by atomic mass is 9.92. The summed E-state index contributed by atoms with van der Waals surface area (Å²) in [5, 5.41) is 2.01. The molecule has 2 aromatic heterocycles. The summed E-state index contributed by atoms with van der Waals surface area (Å²) >= 11 is 4.94. The van der Waals surface area contributed by atoms with E-state index in [2.05, 4.69) is 32.0 Å². The van der Waals surface area contributed by atoms with Gasteiger partial charge in [0.25, 0.3) is 6.43 Å². The normalized spacial score (nSPS) is 21.5. The molecule has 7 heteroatoms. The van der Waals surface area contributed by atoms with Crippen LogP contribution in [0.1, 0.15) is 29.2 Å². The highest BCUT2D eigenvalue weighted by Gasteiger charge is 2.38. The Morgan fingerprint density at radius 1 is 1.42 bits per heavy atom. The molecule has 0 radical (unpaired) electrons. The van der Waals surface area contributed by atoms with Gasteiger partial charge in [0, 0.05) is 22.6 Å². The molecule has 1 aliphatic heterocycles. The van der Waals surface area contributed by atoms with Crippen molar-refractivity contribution in [3.05, 3.63) is 50.5 Å². The van der Waals surface area contributed by atoms with Crippen molar-refractivity contribution in [2.24, 2.45) is 0 Å². The Morgan fingerprint density at radius 2 is 2.21 bits per heavy atom. The van der Waals surface area contributed by atoms with Gasteiger partial charge in [0.15, 0.2) is 0 Å². The van der Waals surface area contributed by atoms with E-state index >= 15 is 0 Å². The number of nitrogens with one attached hydrogen (secondary N) is 1. The first kappa shape index (κ1) is 16.2. The van der Waals surface area contributed by atoms with Crippen LogP contribution in [0.15, 0.2) is 34.2 Å². The SMILES string of the molecule is C[C@@H]1Cc2c([nH]c3ccccc23)[C@@H](c2ncc(Br)s2)N1CC(F)F. The van der Waals surface area contributed by atoms with E-state index in [-0.39, 0.29) is 18.6 Å². The molecule has 0 spiro atoms. The third-order valence-electron chi connectivity index (χ3n) is 4.60. The molecule has 0 bridgehead atoms. The van der Waals surface area contributed by atoms with Gasteiger partial charge in [-0.25, -0.2) is 13.8 Å². The average molecular weight is 412 g/mol. The van der Waals surface area contributed by atoms with Gasteiger partial charge in [-0.05, 0) is 40.9 Å². The number of fused-ring (bicyclic) bond motifs is 3. The number of alkyl halides is 2. The third-order valence-corrected chi connectivity index (χ3v) is 6.12. The summed E-state index contributed by atoms with van der Waals surface area (Å²) < 4.78 is 27.3. The number of thiazole rings is 1. The lowest BCUT2D eigenvalue weighted by Crippen LogP contribution is -2.44. The highest BCUT2D eigenvalue weighted by Crippen LogP contribution is 2.42. The van der Waals surface area contributed by atoms with Gasteiger partial charge in [-0.15, -0.1) is 11.3 Å². The number of halogens is 3. The molecule has 0 unspecified atom stereocenters. The molecule has 0 saturated heterocycles. The van der Waals surface area contributed by atoms with E-state index in [1.807, 2.05) is 30.0 Å². The van der Waals surface area contributed by atoms with Crippen LogP contribution in [0.25, 0.3) is 10.9 Å². The lowest BCUT2D eigenvalue weighted by molar-refractivity contribution is 0.0456. The Morgan fingerprint density at radius 3 is 2.92 bits per heavy atom. The lowest BCUT2D eigenvalue weighted by Gasteiger charge is -2.39. The topological polar surface area (TPSA) is 31.9 Å². The number of hydrogen-bond donors (Lipinski definition) is 1. The van der Waals surface area contributed by atoms with Crippen molar-refractivity contribution in [3.8, 4) is 0 Å². The maximum atomic E-state index is 13.2. The van der Waals surface area contributed by atoms with Crippen LogP contribution in [0.3, 0.4) is 0 Å². The van der Waals surface area contributed by atoms with Crippen molar-refractivity contribution in [2.45, 2.75) is 31.9 Å². The minimum atomic E-state index is -2.37. The predicted octanol–water partition coefficient (Wildman–Crippen LogP) is 4.99. The van der Waals surface area contributed by atoms with Gasteiger partial charge in [-0.3, -0.25) is 4.90 Å². The average Bonchev–Trinajstić information content (AvgIpc) is 3.11. The quantitative estimate of drug-likeness (QED) is 0.658. The maximum absolute atomic E-state index is 13.2. The molecule has 3 nitrogen and oxygen atoms in total. The Hall–Kier alpha value is -1.31. The molecule has 0 amide bonds. The van der Waals surface area contributed by atoms with Gasteiger partial charge in [0.2, 0.25) is 0 Å². The Labute approximate surface area is 150 Å². The number of rotatable bonds is 3. The van der Waals surface area contributed by atoms with Crippen molar-refractivity contribution >= 4 is 38.2 Å². The van der Waals surface area contributed by atoms with E-state index in [0.717, 1.165) is 26.4 Å². The van der Waals surface area contributed by atoms with Crippen LogP contribution in [0, 0.1) is 0 Å². The van der Waals surface area contributed by atoms with E-state index < -0.39 is 6.43 Å². The number of aromatic nitrogens is 2. The number of nitrogens with zero attached hydrogens (tertiary/aromatic N) is 2. The highest BCUT2D eigenvalue weighted by atomic mass is 79.9. The number of H-pyrrole nitrogens is 1. The second kappa shape index (κ2) is 6.20. The van der Waals surface area contributed by atoms with E-state index in [9.17, 15) is 8.78 Å². The van der Waals surface area contributed by atoms with E-state index in [1.165, 1.54) is 22.3 Å². The fourth-order valence-electron chi connectivity index (χ4n) is 3.61. The number of para-hydroxylation sites is 1. The molecular weight excluding hydrogens is 396 g/mol. The zero-order valence-electron chi connectivity index (χ0n) is 13.0. The van der Waals surface area contributed by atoms with Crippen LogP contribution in [0.5, 0.6) is 0 Å². The molecule has 1 aliphatic rings. The molecule has 3 heterocycles. The van der Waals surface area contributed by atoms with E-state index in [0.29, 0.717) is 0 Å². The summed E-state index contributed by atoms with van der Waals surface area (Å²) in [7, 11) is 0. The van der Waals surface area contributed by atoms with Gasteiger partial charge in [0.1, 0.15) is 11.0 Å². The minimum absolute atomic E-state index is 0.0263. The van der Waals surface area contributed by atoms with Crippen LogP contribution < -0.4 is 0 Å². The largest absolute Gasteiger partial charge is 0.356 e. The summed E-state index contributed by atoms with van der Waals surface area (Å²) in [6.45, 7) is 1.76. The standard InChI is InChI=1S/C17H16BrF2N3S/c1-9-6-11-10-4-2-3-5-12(10)22-15(11)16(23(9)8-14(19)20)17-21-7-13(18)24-17/h2-5,7,9,14,16,22H,6,8H2,1H3/t9-,16+/m1/s1. The van der Waals surface area contributed by atoms with Gasteiger partial charge in [-0.1, -0.05) is 18.2 Å². The van der Waals surface area contributed by atoms with Gasteiger partial charge >= 0.3 is 0 Å². The zero-order chi connectivity index (χ0) is 16.8. The summed E-state index contributed by atoms with van der Waals surface area (Å²) in [5.41, 5.74) is 3.27. The third kappa shape index (κ3) is 2.68. The van der Waals surface area contributed by atoms with Crippen molar-refractivity contribution in [3.63, 3.8) is 0 Å². The second-order valence-electron chi connectivity index (χ2n) is 6.11. The van der Waals surface area contributed by atoms with Gasteiger partial charge < -0.3 is 4.98 Å². The Kier molecular flexibility index (Phi) is 4.18. The van der Waals surface area contributed by atoms with Crippen molar-refractivity contribution in [1.82, 2.24) is 14.9 Å². The molecular formula is C17H16BrF2N3S. The van der Waals surface area contributed by atoms with Gasteiger partial charge in [-0.2, -0.15) is 0 Å². The van der Waals surface area contributed by atoms with Crippen molar-refractivity contribution in [1.29, 1.82) is 0 Å². The summed E-state index contributed by atoms with van der Waals surface area (Å²) in [4.78, 5) is 9.80. The molecule has 4 rings (SSSR count). The zero-order valence-corrected chi connectivity index (χ0v) is 15.4. The second-order valence-corrected chi connectivity index (χ2v) is 8.55. The first-order chi connectivity index (χ1) is 11.5. The number of aromatic amines is 1. The molecule has 0 saturated carbocycles. The first-order valence-electron chi connectivity index (χ1n) is 7.79. The predicted molar refractivity (Wildman–Crippen MR) is 95.8 cm³/mol. The maximum Gasteiger partial charge on any atom is 0.251 e. The molecule has 3 aromatic rings. The Balaban J connectivity index is 1.90. The van der Waals surface area contributed by atoms with Crippen LogP contribution in [-0.2, 0) is 6.42 Å². The summed E-state index contributed by atoms with van der Waals surface area (Å²) in [6.07, 6.45) is 0.126. The van der Waals surface area contributed by atoms with Gasteiger partial charge in [0.05, 0.1) is 16.5 Å². The summed E-state index contributed by atoms with van der Waals surface area (Å²) in [6, 6.07) is 7.89. The Bertz CT molecular complexity index is 876. The minimum Gasteiger partial charge on any atom is -0.356 e. The van der Waals surface area contributed by atoms with Crippen molar-refractivity contribution in [2.75, 3.05) is 6.54 Å². The molecule has 0 fully saturated rings. The monoisotopic (exact) mass is 411 g/mol. The number of hydrogen-bond acceptors (Lipinski definition) is 3. The molecule has 24 heavy (non-hydrogen) atoms. The fourth-order valence-corrected chi connectivity index (χ4v) is 4.99. The van der Waals surface area contributed by atoms with E-state index in [1.54, 1.807) is 6.20 Å². The van der Waals surface area contributed by atoms with Crippen LogP contribution >= 0.6 is 27.3 Å². The van der Waals surface area contributed by atoms with Crippen LogP contribution in [0.4, 0.5) is 8.78 Å². The van der Waals surface area contributed by atoms with Crippen molar-refractivity contribution < 1.29 is 8.78 Å². The summed E-state index contributed by atoms with van der Waals surface area (Å²) in [5.74, 6) is 0. The molecule has 1 aromatic carbocycles. The molecule has 0 aliphatic carbocycles. The van der Waals surface area contributed by atoms with Crippen LogP contribution in [-0.4, -0.2) is 33.9 Å². The smallest absolute Gasteiger partial charge is 0.251 e. The molecule has 1 N–H and O–H groups in total. The molecule has 2 atom stereocenters. The molecule has 126 valence electrons. The van der Waals surface area contributed by atoms with Crippen LogP contribution in [0.2, 0.25) is 0 Å². The first-order valence-corrected chi connectivity index (χ1v) is 9.40. The number of benzene rings is 1. The van der Waals surface area contributed by atoms with E-state index in [4.69, 9.17) is 0 Å². The highest BCUT2D eigenvalue weighted by molar-refractivity contribution is 9.11. The fraction of sp³-hybridized carbons (Fsp3) is 0.353.